The van der Waals surface area contributed by atoms with Gasteiger partial charge >= 0.3 is 11.9 Å². The van der Waals surface area contributed by atoms with Gasteiger partial charge in [0.05, 0.1) is 18.1 Å². The summed E-state index contributed by atoms with van der Waals surface area (Å²) in [6.07, 6.45) is 10.8. The number of aliphatic carboxylic acids is 1. The predicted octanol–water partition coefficient (Wildman–Crippen LogP) is 7.15. The molecule has 0 spiro atoms. The number of fused-ring (bicyclic) bond motifs is 7. The van der Waals surface area contributed by atoms with Crippen LogP contribution >= 0.6 is 0 Å². The topological polar surface area (TPSA) is 124 Å². The number of aliphatic hydroxyl groups is 2. The van der Waals surface area contributed by atoms with E-state index in [9.17, 15) is 30.0 Å². The summed E-state index contributed by atoms with van der Waals surface area (Å²) in [4.78, 5) is 26.0. The molecular weight excluding hydrogens is 580 g/mol. The lowest BCUT2D eigenvalue weighted by Crippen LogP contribution is -2.68. The van der Waals surface area contributed by atoms with Gasteiger partial charge in [0.2, 0.25) is 0 Å². The van der Waals surface area contributed by atoms with Crippen LogP contribution in [0.25, 0.3) is 6.08 Å². The van der Waals surface area contributed by atoms with Gasteiger partial charge in [0, 0.05) is 11.5 Å². The first-order valence-corrected chi connectivity index (χ1v) is 17.4. The Hall–Kier alpha value is -2.64. The fourth-order valence-corrected chi connectivity index (χ4v) is 11.9. The molecule has 7 heteroatoms. The fourth-order valence-electron chi connectivity index (χ4n) is 11.9. The minimum atomic E-state index is -0.935. The number of carbonyl (C=O) groups excluding carboxylic acids is 1. The van der Waals surface area contributed by atoms with E-state index in [-0.39, 0.29) is 51.8 Å². The quantitative estimate of drug-likeness (QED) is 0.154. The van der Waals surface area contributed by atoms with Crippen molar-refractivity contribution in [2.24, 2.45) is 50.2 Å². The van der Waals surface area contributed by atoms with E-state index in [1.165, 1.54) is 11.6 Å². The van der Waals surface area contributed by atoms with Gasteiger partial charge in [-0.3, -0.25) is 4.79 Å². The lowest BCUT2D eigenvalue weighted by Gasteiger charge is -2.71. The summed E-state index contributed by atoms with van der Waals surface area (Å²) < 4.78 is 5.98. The van der Waals surface area contributed by atoms with Crippen molar-refractivity contribution in [3.63, 3.8) is 0 Å². The molecule has 252 valence electrons. The number of aliphatic hydroxyl groups excluding tert-OH is 2. The lowest BCUT2D eigenvalue weighted by atomic mass is 9.33. The monoisotopic (exact) mass is 634 g/mol. The van der Waals surface area contributed by atoms with Gasteiger partial charge in [-0.15, -0.1) is 0 Å². The smallest absolute Gasteiger partial charge is 0.331 e. The number of carboxylic acid groups (broad SMARTS) is 1. The van der Waals surface area contributed by atoms with Crippen molar-refractivity contribution in [2.75, 3.05) is 6.61 Å². The van der Waals surface area contributed by atoms with Crippen LogP contribution < -0.4 is 0 Å². The van der Waals surface area contributed by atoms with Gasteiger partial charge in [0.1, 0.15) is 11.9 Å². The highest BCUT2D eigenvalue weighted by molar-refractivity contribution is 5.87. The van der Waals surface area contributed by atoms with Gasteiger partial charge < -0.3 is 25.2 Å². The van der Waals surface area contributed by atoms with Crippen LogP contribution in [0.2, 0.25) is 0 Å². The van der Waals surface area contributed by atoms with Crippen LogP contribution in [0.1, 0.15) is 105 Å². The van der Waals surface area contributed by atoms with Crippen LogP contribution in [0, 0.1) is 50.2 Å². The van der Waals surface area contributed by atoms with Crippen molar-refractivity contribution < 1.29 is 34.8 Å². The highest BCUT2D eigenvalue weighted by atomic mass is 16.6. The minimum Gasteiger partial charge on any atom is -0.508 e. The van der Waals surface area contributed by atoms with E-state index < -0.39 is 35.0 Å². The normalized spacial score (nSPS) is 44.6. The number of carboxylic acids is 1. The molecule has 4 saturated carbocycles. The average molecular weight is 635 g/mol. The Labute approximate surface area is 274 Å². The first kappa shape index (κ1) is 33.3. The summed E-state index contributed by atoms with van der Waals surface area (Å²) in [6, 6.07) is 6.49. The Morgan fingerprint density at radius 1 is 0.935 bits per heavy atom. The van der Waals surface area contributed by atoms with Crippen molar-refractivity contribution in [2.45, 2.75) is 112 Å². The van der Waals surface area contributed by atoms with Crippen molar-refractivity contribution in [3.8, 4) is 5.75 Å². The average Bonchev–Trinajstić information content (AvgIpc) is 2.98. The molecule has 5 aliphatic rings. The maximum Gasteiger partial charge on any atom is 0.331 e. The molecule has 1 aromatic rings. The van der Waals surface area contributed by atoms with Crippen molar-refractivity contribution in [1.29, 1.82) is 0 Å². The highest BCUT2D eigenvalue weighted by Crippen LogP contribution is 2.75. The molecule has 10 atom stereocenters. The molecule has 4 fully saturated rings. The van der Waals surface area contributed by atoms with Gasteiger partial charge in [-0.1, -0.05) is 65.3 Å². The third kappa shape index (κ3) is 4.73. The first-order chi connectivity index (χ1) is 21.5. The molecule has 0 radical (unpaired) electrons. The molecule has 0 bridgehead atoms. The highest BCUT2D eigenvalue weighted by Gasteiger charge is 2.71. The number of aromatic hydroxyl groups is 1. The number of esters is 1. The molecule has 0 aromatic heterocycles. The van der Waals surface area contributed by atoms with Crippen LogP contribution in [-0.2, 0) is 14.3 Å². The molecule has 6 rings (SSSR count). The number of allylic oxidation sites excluding steroid dienone is 2. The number of hydrogen-bond donors (Lipinski definition) is 4. The van der Waals surface area contributed by atoms with E-state index in [1.807, 2.05) is 6.92 Å². The van der Waals surface area contributed by atoms with E-state index in [2.05, 4.69) is 40.7 Å². The van der Waals surface area contributed by atoms with Crippen LogP contribution in [0.5, 0.6) is 5.75 Å². The molecule has 46 heavy (non-hydrogen) atoms. The molecule has 1 aromatic carbocycles. The second-order valence-electron chi connectivity index (χ2n) is 17.4. The Kier molecular flexibility index (Phi) is 7.92. The van der Waals surface area contributed by atoms with E-state index in [4.69, 9.17) is 4.74 Å². The van der Waals surface area contributed by atoms with Crippen LogP contribution in [-0.4, -0.2) is 51.2 Å². The third-order valence-electron chi connectivity index (χ3n) is 14.7. The number of hydrogen-bond acceptors (Lipinski definition) is 6. The third-order valence-corrected chi connectivity index (χ3v) is 14.7. The molecule has 5 aliphatic carbocycles. The van der Waals surface area contributed by atoms with Crippen molar-refractivity contribution >= 4 is 18.0 Å². The zero-order valence-corrected chi connectivity index (χ0v) is 28.5. The summed E-state index contributed by atoms with van der Waals surface area (Å²) in [7, 11) is 0. The molecule has 4 N–H and O–H groups in total. The molecule has 0 heterocycles. The van der Waals surface area contributed by atoms with Crippen LogP contribution in [0.3, 0.4) is 0 Å². The Morgan fingerprint density at radius 3 is 2.26 bits per heavy atom. The maximum atomic E-state index is 13.1. The van der Waals surface area contributed by atoms with Crippen LogP contribution in [0.15, 0.2) is 42.0 Å². The standard InChI is InChI=1S/C39H54O7/c1-34(2)17-19-39(33(44)45)20-18-37(5)26(27(39)21-34)12-13-30-35(3)22-28(42)32(36(4,23-40)29(35)15-16-38(30,37)6)46-31(43)14-9-24-7-10-25(41)11-8-24/h7-12,14,27-30,32,40-42H,13,15-23H2,1-6H3,(H,44,45)/t27-,28?,29+,30+,32?,35+,36+,37-,38-,39+/m1/s1. The van der Waals surface area contributed by atoms with Gasteiger partial charge in [-0.2, -0.15) is 0 Å². The fraction of sp³-hybridized carbons (Fsp3) is 0.692. The van der Waals surface area contributed by atoms with Crippen LogP contribution in [0.4, 0.5) is 0 Å². The van der Waals surface area contributed by atoms with E-state index in [0.29, 0.717) is 12.8 Å². The first-order valence-electron chi connectivity index (χ1n) is 17.4. The van der Waals surface area contributed by atoms with Crippen molar-refractivity contribution in [3.05, 3.63) is 47.6 Å². The van der Waals surface area contributed by atoms with Gasteiger partial charge in [0.25, 0.3) is 0 Å². The Morgan fingerprint density at radius 2 is 1.61 bits per heavy atom. The summed E-state index contributed by atoms with van der Waals surface area (Å²) in [5.41, 5.74) is 0.128. The maximum absolute atomic E-state index is 13.1. The van der Waals surface area contributed by atoms with Crippen molar-refractivity contribution in [1.82, 2.24) is 0 Å². The molecular formula is C39H54O7. The number of benzene rings is 1. The minimum absolute atomic E-state index is 0.0271. The molecule has 7 nitrogen and oxygen atoms in total. The molecule has 0 saturated heterocycles. The predicted molar refractivity (Wildman–Crippen MR) is 176 cm³/mol. The molecule has 0 amide bonds. The zero-order valence-electron chi connectivity index (χ0n) is 28.5. The second kappa shape index (κ2) is 10.9. The summed E-state index contributed by atoms with van der Waals surface area (Å²) >= 11 is 0. The van der Waals surface area contributed by atoms with E-state index >= 15 is 0 Å². The second-order valence-corrected chi connectivity index (χ2v) is 17.4. The summed E-state index contributed by atoms with van der Waals surface area (Å²) in [5.74, 6) is -0.769. The summed E-state index contributed by atoms with van der Waals surface area (Å²) in [5, 5.41) is 42.9. The van der Waals surface area contributed by atoms with Gasteiger partial charge in [0.15, 0.2) is 0 Å². The van der Waals surface area contributed by atoms with Gasteiger partial charge in [-0.25, -0.2) is 4.79 Å². The largest absolute Gasteiger partial charge is 0.508 e. The number of phenolic OH excluding ortho intramolecular Hbond substituents is 1. The Bertz CT molecular complexity index is 1440. The molecule has 0 aliphatic heterocycles. The van der Waals surface area contributed by atoms with Gasteiger partial charge in [-0.05, 0) is 121 Å². The number of carbonyl (C=O) groups is 2. The Balaban J connectivity index is 1.31. The number of rotatable bonds is 5. The van der Waals surface area contributed by atoms with E-state index in [1.54, 1.807) is 30.3 Å². The SMILES string of the molecule is CC1(C)CC[C@]2(C(=O)O)CC[C@]3(C)C(=CC[C@H]4[C@@]5(C)CC(O)C(OC(=O)C=Cc6ccc(O)cc6)[C@@](C)(CO)[C@H]5CC[C@]43C)[C@H]2C1. The lowest BCUT2D eigenvalue weighted by molar-refractivity contribution is -0.249. The summed E-state index contributed by atoms with van der Waals surface area (Å²) in [6.45, 7) is 13.5. The van der Waals surface area contributed by atoms with E-state index in [0.717, 1.165) is 50.5 Å². The number of ether oxygens (including phenoxy) is 1. The zero-order chi connectivity index (χ0) is 33.5. The number of phenols is 1. The molecule has 2 unspecified atom stereocenters.